The van der Waals surface area contributed by atoms with Crippen LogP contribution in [0.25, 0.3) is 11.2 Å². The van der Waals surface area contributed by atoms with Gasteiger partial charge in [-0.1, -0.05) is 91.0 Å². The molecule has 0 aliphatic rings. The van der Waals surface area contributed by atoms with Crippen LogP contribution in [0.4, 0.5) is 5.82 Å². The molecule has 0 radical (unpaired) electrons. The molecular weight excluding hydrogens is 358 g/mol. The zero-order chi connectivity index (χ0) is 19.7. The van der Waals surface area contributed by atoms with Crippen LogP contribution in [0.3, 0.4) is 0 Å². The third-order valence-corrected chi connectivity index (χ3v) is 5.27. The second kappa shape index (κ2) is 6.87. The van der Waals surface area contributed by atoms with Gasteiger partial charge in [-0.05, 0) is 16.7 Å². The van der Waals surface area contributed by atoms with Gasteiger partial charge in [0, 0.05) is 0 Å². The van der Waals surface area contributed by atoms with E-state index in [2.05, 4.69) is 46.4 Å². The van der Waals surface area contributed by atoms with E-state index in [4.69, 9.17) is 15.7 Å². The van der Waals surface area contributed by atoms with Gasteiger partial charge in [0.2, 0.25) is 0 Å². The molecule has 0 atom stereocenters. The number of nitrogen functional groups attached to an aromatic ring is 1. The average Bonchev–Trinajstić information content (AvgIpc) is 3.26. The Morgan fingerprint density at radius 1 is 0.655 bits per heavy atom. The van der Waals surface area contributed by atoms with Gasteiger partial charge >= 0.3 is 0 Å². The second-order valence-electron chi connectivity index (χ2n) is 6.88. The van der Waals surface area contributed by atoms with Gasteiger partial charge in [0.25, 0.3) is 0 Å². The second-order valence-corrected chi connectivity index (χ2v) is 6.88. The number of nitrogens with two attached hydrogens (primary N) is 1. The van der Waals surface area contributed by atoms with Crippen molar-refractivity contribution in [3.05, 3.63) is 120 Å². The highest BCUT2D eigenvalue weighted by Gasteiger charge is 2.41. The first kappa shape index (κ1) is 17.1. The fourth-order valence-electron chi connectivity index (χ4n) is 3.98. The van der Waals surface area contributed by atoms with Crippen LogP contribution in [0, 0.1) is 0 Å². The lowest BCUT2D eigenvalue weighted by atomic mass is 9.68. The fourth-order valence-corrected chi connectivity index (χ4v) is 3.98. The molecule has 2 aromatic heterocycles. The number of aromatic nitrogens is 4. The van der Waals surface area contributed by atoms with E-state index in [1.807, 2.05) is 54.6 Å². The molecule has 0 aliphatic heterocycles. The molecule has 29 heavy (non-hydrogen) atoms. The summed E-state index contributed by atoms with van der Waals surface area (Å²) in [5.74, 6) is 0.980. The van der Waals surface area contributed by atoms with Gasteiger partial charge in [-0.25, -0.2) is 15.0 Å². The van der Waals surface area contributed by atoms with E-state index in [1.54, 1.807) is 6.33 Å². The topological polar surface area (TPSA) is 80.5 Å². The molecule has 2 heterocycles. The predicted molar refractivity (Wildman–Crippen MR) is 114 cm³/mol. The Balaban J connectivity index is 1.94. The number of hydrogen-bond donors (Lipinski definition) is 2. The monoisotopic (exact) mass is 377 g/mol. The van der Waals surface area contributed by atoms with Crippen LogP contribution >= 0.6 is 0 Å². The number of nitrogens with one attached hydrogen (secondary N) is 1. The number of benzene rings is 3. The van der Waals surface area contributed by atoms with E-state index >= 15 is 0 Å². The standard InChI is InChI=1S/C24H19N5/c25-21-20-22(27-16-26-20)29-23(28-21)24(17-10-4-1-5-11-17,18-12-6-2-7-13-18)19-14-8-3-9-15-19/h1-16H,(H3,25,26,27,28,29). The number of anilines is 1. The Labute approximate surface area is 168 Å². The molecule has 0 saturated carbocycles. The quantitative estimate of drug-likeness (QED) is 0.457. The lowest BCUT2D eigenvalue weighted by molar-refractivity contribution is 0.685. The number of aromatic amines is 1. The molecule has 3 aromatic carbocycles. The van der Waals surface area contributed by atoms with Crippen LogP contribution in [0.1, 0.15) is 22.5 Å². The summed E-state index contributed by atoms with van der Waals surface area (Å²) in [5, 5.41) is 0. The summed E-state index contributed by atoms with van der Waals surface area (Å²) in [4.78, 5) is 17.0. The van der Waals surface area contributed by atoms with Crippen LogP contribution in [0.5, 0.6) is 0 Å². The summed E-state index contributed by atoms with van der Waals surface area (Å²) in [7, 11) is 0. The molecule has 5 nitrogen and oxygen atoms in total. The van der Waals surface area contributed by atoms with Crippen molar-refractivity contribution >= 4 is 17.0 Å². The summed E-state index contributed by atoms with van der Waals surface area (Å²) in [5.41, 5.74) is 9.97. The normalized spacial score (nSPS) is 11.6. The minimum Gasteiger partial charge on any atom is -0.382 e. The van der Waals surface area contributed by atoms with Crippen molar-refractivity contribution in [3.63, 3.8) is 0 Å². The molecule has 3 N–H and O–H groups in total. The van der Waals surface area contributed by atoms with E-state index in [0.717, 1.165) is 16.7 Å². The first-order valence-electron chi connectivity index (χ1n) is 9.44. The first-order valence-corrected chi connectivity index (χ1v) is 9.44. The van der Waals surface area contributed by atoms with Crippen molar-refractivity contribution in [1.82, 2.24) is 19.9 Å². The highest BCUT2D eigenvalue weighted by atomic mass is 15.1. The summed E-state index contributed by atoms with van der Waals surface area (Å²) in [6.45, 7) is 0. The highest BCUT2D eigenvalue weighted by molar-refractivity contribution is 5.81. The maximum atomic E-state index is 6.31. The van der Waals surface area contributed by atoms with E-state index < -0.39 is 5.41 Å². The van der Waals surface area contributed by atoms with Crippen molar-refractivity contribution in [1.29, 1.82) is 0 Å². The lowest BCUT2D eigenvalue weighted by Gasteiger charge is -2.34. The summed E-state index contributed by atoms with van der Waals surface area (Å²) in [6, 6.07) is 30.9. The number of H-pyrrole nitrogens is 1. The Bertz CT molecular complexity index is 1150. The minimum atomic E-state index is -0.731. The molecule has 0 saturated heterocycles. The Morgan fingerprint density at radius 3 is 1.62 bits per heavy atom. The molecule has 140 valence electrons. The van der Waals surface area contributed by atoms with Crippen LogP contribution in [0.15, 0.2) is 97.3 Å². The number of rotatable bonds is 4. The number of nitrogens with zero attached hydrogens (tertiary/aromatic N) is 3. The highest BCUT2D eigenvalue weighted by Crippen LogP contribution is 2.43. The Morgan fingerprint density at radius 2 is 1.14 bits per heavy atom. The smallest absolute Gasteiger partial charge is 0.183 e. The first-order chi connectivity index (χ1) is 14.3. The summed E-state index contributed by atoms with van der Waals surface area (Å²) in [6.07, 6.45) is 1.59. The van der Waals surface area contributed by atoms with Gasteiger partial charge in [0.15, 0.2) is 17.3 Å². The maximum absolute atomic E-state index is 6.31. The average molecular weight is 377 g/mol. The van der Waals surface area contributed by atoms with Crippen molar-refractivity contribution in [2.45, 2.75) is 5.41 Å². The SMILES string of the molecule is Nc1nc(C(c2ccccc2)(c2ccccc2)c2ccccc2)nc2nc[nH]c12. The molecular formula is C24H19N5. The molecule has 0 bridgehead atoms. The molecule has 0 amide bonds. The Hall–Kier alpha value is -3.99. The molecule has 0 fully saturated rings. The Kier molecular flexibility index (Phi) is 4.06. The van der Waals surface area contributed by atoms with E-state index in [9.17, 15) is 0 Å². The predicted octanol–water partition coefficient (Wildman–Crippen LogP) is 4.32. The lowest BCUT2D eigenvalue weighted by Crippen LogP contribution is -2.33. The number of hydrogen-bond acceptors (Lipinski definition) is 4. The molecule has 5 aromatic rings. The van der Waals surface area contributed by atoms with Gasteiger partial charge in [-0.15, -0.1) is 0 Å². The van der Waals surface area contributed by atoms with E-state index in [0.29, 0.717) is 22.8 Å². The minimum absolute atomic E-state index is 0.384. The number of fused-ring (bicyclic) bond motifs is 1. The zero-order valence-corrected chi connectivity index (χ0v) is 15.7. The summed E-state index contributed by atoms with van der Waals surface area (Å²) >= 11 is 0. The van der Waals surface area contributed by atoms with Crippen LogP contribution in [0.2, 0.25) is 0 Å². The van der Waals surface area contributed by atoms with Crippen LogP contribution in [-0.4, -0.2) is 19.9 Å². The van der Waals surface area contributed by atoms with Crippen LogP contribution < -0.4 is 5.73 Å². The third-order valence-electron chi connectivity index (χ3n) is 5.27. The van der Waals surface area contributed by atoms with Gasteiger partial charge in [0.05, 0.1) is 6.33 Å². The van der Waals surface area contributed by atoms with E-state index in [1.165, 1.54) is 0 Å². The maximum Gasteiger partial charge on any atom is 0.183 e. The summed E-state index contributed by atoms with van der Waals surface area (Å²) < 4.78 is 0. The van der Waals surface area contributed by atoms with Gasteiger partial charge in [-0.3, -0.25) is 0 Å². The van der Waals surface area contributed by atoms with Gasteiger partial charge in [0.1, 0.15) is 10.9 Å². The van der Waals surface area contributed by atoms with Crippen molar-refractivity contribution in [2.24, 2.45) is 0 Å². The van der Waals surface area contributed by atoms with Crippen molar-refractivity contribution in [3.8, 4) is 0 Å². The van der Waals surface area contributed by atoms with Gasteiger partial charge < -0.3 is 10.7 Å². The third kappa shape index (κ3) is 2.67. The van der Waals surface area contributed by atoms with Gasteiger partial charge in [-0.2, -0.15) is 0 Å². The van der Waals surface area contributed by atoms with Crippen LogP contribution in [-0.2, 0) is 5.41 Å². The molecule has 5 rings (SSSR count). The molecule has 0 aliphatic carbocycles. The molecule has 0 spiro atoms. The molecule has 0 unspecified atom stereocenters. The van der Waals surface area contributed by atoms with E-state index in [-0.39, 0.29) is 0 Å². The molecule has 5 heteroatoms. The zero-order valence-electron chi connectivity index (χ0n) is 15.7. The fraction of sp³-hybridized carbons (Fsp3) is 0.0417. The number of imidazole rings is 1. The van der Waals surface area contributed by atoms with Crippen molar-refractivity contribution < 1.29 is 0 Å². The largest absolute Gasteiger partial charge is 0.382 e. The van der Waals surface area contributed by atoms with Crippen molar-refractivity contribution in [2.75, 3.05) is 5.73 Å².